The molecule has 0 aliphatic heterocycles. The maximum absolute atomic E-state index is 8.96. The molecular weight excluding hydrogens is 142 g/mol. The molecule has 1 N–H and O–H groups in total. The van der Waals surface area contributed by atoms with E-state index < -0.39 is 9.64 Å². The minimum atomic E-state index is -2.29. The van der Waals surface area contributed by atoms with Gasteiger partial charge in [-0.3, -0.25) is 0 Å². The Bertz CT molecular complexity index is 57.9. The van der Waals surface area contributed by atoms with Crippen molar-refractivity contribution in [2.75, 3.05) is 0 Å². The molecule has 0 saturated carbocycles. The predicted molar refractivity (Wildman–Crippen MR) is 33.8 cm³/mol. The van der Waals surface area contributed by atoms with E-state index in [1.807, 2.05) is 0 Å². The molecule has 0 bridgehead atoms. The summed E-state index contributed by atoms with van der Waals surface area (Å²) < 4.78 is 16.3. The molecule has 1 unspecified atom stereocenters. The van der Waals surface area contributed by atoms with Gasteiger partial charge in [-0.2, -0.15) is 0 Å². The van der Waals surface area contributed by atoms with Gasteiger partial charge in [0.25, 0.3) is 0 Å². The Kier molecular flexibility index (Phi) is 27.1. The molecule has 6 heavy (non-hydrogen) atoms. The van der Waals surface area contributed by atoms with E-state index in [1.54, 1.807) is 0 Å². The van der Waals surface area contributed by atoms with E-state index in [0.717, 1.165) is 0 Å². The zero-order chi connectivity index (χ0) is 3.58. The standard InChI is InChI=1S/2Na.H2O2S2.2H/c;;1-4(2)3;;/h;;4H,(H,1,2,3);;. The first-order valence-electron chi connectivity index (χ1n) is 0.565. The van der Waals surface area contributed by atoms with E-state index in [1.165, 1.54) is 0 Å². The van der Waals surface area contributed by atoms with Crippen LogP contribution in [0.5, 0.6) is 0 Å². The van der Waals surface area contributed by atoms with Gasteiger partial charge in [0.2, 0.25) is 0 Å². The van der Waals surface area contributed by atoms with Crippen LogP contribution in [-0.2, 0) is 20.8 Å². The third kappa shape index (κ3) is 33.1. The van der Waals surface area contributed by atoms with Crippen LogP contribution in [0.3, 0.4) is 0 Å². The van der Waals surface area contributed by atoms with E-state index in [0.29, 0.717) is 0 Å². The van der Waals surface area contributed by atoms with E-state index in [-0.39, 0.29) is 59.1 Å². The fraction of sp³-hybridized carbons (Fsp3) is 0. The van der Waals surface area contributed by atoms with Crippen molar-refractivity contribution in [3.63, 3.8) is 0 Å². The first-order valence-corrected chi connectivity index (χ1v) is 2.79. The van der Waals surface area contributed by atoms with E-state index in [9.17, 15) is 0 Å². The van der Waals surface area contributed by atoms with Crippen molar-refractivity contribution in [1.82, 2.24) is 0 Å². The van der Waals surface area contributed by atoms with Gasteiger partial charge in [-0.1, -0.05) is 0 Å². The fourth-order valence-corrected chi connectivity index (χ4v) is 0. The Morgan fingerprint density at radius 3 is 1.50 bits per heavy atom. The summed E-state index contributed by atoms with van der Waals surface area (Å²) in [6, 6.07) is 0. The molecule has 2 nitrogen and oxygen atoms in total. The van der Waals surface area contributed by atoms with Gasteiger partial charge in [0.05, 0.1) is 0 Å². The summed E-state index contributed by atoms with van der Waals surface area (Å²) in [7, 11) is -2.29. The van der Waals surface area contributed by atoms with Crippen molar-refractivity contribution in [3.05, 3.63) is 0 Å². The second-order valence-corrected chi connectivity index (χ2v) is 1.65. The summed E-state index contributed by atoms with van der Waals surface area (Å²) in [5.74, 6) is 0. The van der Waals surface area contributed by atoms with Gasteiger partial charge in [0.1, 0.15) is 9.64 Å². The first kappa shape index (κ1) is 15.8. The van der Waals surface area contributed by atoms with Crippen molar-refractivity contribution >= 4 is 79.9 Å². The number of thiol groups is 1. The quantitative estimate of drug-likeness (QED) is 0.310. The van der Waals surface area contributed by atoms with Crippen molar-refractivity contribution in [1.29, 1.82) is 0 Å². The molecule has 0 rings (SSSR count). The topological polar surface area (TPSA) is 37.3 Å². The Morgan fingerprint density at radius 2 is 1.50 bits per heavy atom. The molecule has 6 heteroatoms. The second-order valence-electron chi connectivity index (χ2n) is 0.238. The van der Waals surface area contributed by atoms with Crippen molar-refractivity contribution < 1.29 is 8.76 Å². The number of hydrogen-bond acceptors (Lipinski definition) is 2. The Labute approximate surface area is 87.2 Å². The third-order valence-corrected chi connectivity index (χ3v) is 0. The van der Waals surface area contributed by atoms with Crippen LogP contribution in [0, 0.1) is 0 Å². The summed E-state index contributed by atoms with van der Waals surface area (Å²) in [6.07, 6.45) is 0. The molecule has 0 fully saturated rings. The molecule has 0 spiro atoms. The Balaban J connectivity index is -0.0000000450. The molecule has 0 aromatic rings. The molecule has 0 saturated heterocycles. The molecule has 0 aromatic carbocycles. The van der Waals surface area contributed by atoms with Gasteiger partial charge in [-0.05, 0) is 0 Å². The number of rotatable bonds is 0. The van der Waals surface area contributed by atoms with Crippen molar-refractivity contribution in [3.8, 4) is 0 Å². The van der Waals surface area contributed by atoms with Gasteiger partial charge in [0, 0.05) is 11.2 Å². The van der Waals surface area contributed by atoms with Crippen LogP contribution in [0.15, 0.2) is 0 Å². The van der Waals surface area contributed by atoms with Crippen LogP contribution in [-0.4, -0.2) is 67.9 Å². The van der Waals surface area contributed by atoms with Crippen LogP contribution < -0.4 is 0 Å². The summed E-state index contributed by atoms with van der Waals surface area (Å²) in [5.41, 5.74) is 0. The van der Waals surface area contributed by atoms with Crippen LogP contribution in [0.2, 0.25) is 0 Å². The molecule has 0 aliphatic rings. The molecular formula is H4Na2O2S2. The summed E-state index contributed by atoms with van der Waals surface area (Å²) in [4.78, 5) is 0. The maximum atomic E-state index is 8.96. The van der Waals surface area contributed by atoms with E-state index in [2.05, 4.69) is 11.2 Å². The molecule has 0 aliphatic carbocycles. The van der Waals surface area contributed by atoms with Crippen LogP contribution >= 0.6 is 0 Å². The van der Waals surface area contributed by atoms with E-state index in [4.69, 9.17) is 8.76 Å². The van der Waals surface area contributed by atoms with Gasteiger partial charge in [-0.15, -0.1) is 0 Å². The second kappa shape index (κ2) is 10.3. The average molecular weight is 146 g/mol. The SMILES string of the molecule is O=[SH](O)=S.[NaH].[NaH]. The molecule has 0 amide bonds. The van der Waals surface area contributed by atoms with Gasteiger partial charge in [0.15, 0.2) is 0 Å². The van der Waals surface area contributed by atoms with Gasteiger partial charge >= 0.3 is 59.1 Å². The molecule has 0 radical (unpaired) electrons. The predicted octanol–water partition coefficient (Wildman–Crippen LogP) is -1.89. The zero-order valence-electron chi connectivity index (χ0n) is 1.71. The molecule has 0 heterocycles. The summed E-state index contributed by atoms with van der Waals surface area (Å²) >= 11 is 3.69. The van der Waals surface area contributed by atoms with Crippen LogP contribution in [0.25, 0.3) is 0 Å². The zero-order valence-corrected chi connectivity index (χ0v) is 3.42. The Morgan fingerprint density at radius 1 is 1.50 bits per heavy atom. The van der Waals surface area contributed by atoms with Gasteiger partial charge < -0.3 is 4.55 Å². The van der Waals surface area contributed by atoms with Crippen molar-refractivity contribution in [2.24, 2.45) is 0 Å². The Hall–Kier alpha value is 2.33. The average Bonchev–Trinajstić information content (AvgIpc) is 0.811. The normalized spacial score (nSPS) is 10.2. The van der Waals surface area contributed by atoms with E-state index >= 15 is 0 Å². The molecule has 0 aromatic heterocycles. The minimum absolute atomic E-state index is 0. The molecule has 1 atom stereocenters. The van der Waals surface area contributed by atoms with Crippen LogP contribution in [0.4, 0.5) is 0 Å². The first-order chi connectivity index (χ1) is 1.73. The van der Waals surface area contributed by atoms with Crippen LogP contribution in [0.1, 0.15) is 0 Å². The summed E-state index contributed by atoms with van der Waals surface area (Å²) in [6.45, 7) is 0. The summed E-state index contributed by atoms with van der Waals surface area (Å²) in [5, 5.41) is 0. The van der Waals surface area contributed by atoms with Gasteiger partial charge in [-0.25, -0.2) is 4.21 Å². The third-order valence-electron chi connectivity index (χ3n) is 0. The molecule has 30 valence electrons. The number of hydrogen-bond donors (Lipinski definition) is 2. The monoisotopic (exact) mass is 146 g/mol. The van der Waals surface area contributed by atoms with Crippen molar-refractivity contribution in [2.45, 2.75) is 0 Å². The fourth-order valence-electron chi connectivity index (χ4n) is 0.